The Morgan fingerprint density at radius 2 is 2.12 bits per heavy atom. The predicted molar refractivity (Wildman–Crippen MR) is 68.6 cm³/mol. The van der Waals surface area contributed by atoms with E-state index in [4.69, 9.17) is 23.2 Å². The van der Waals surface area contributed by atoms with Crippen LogP contribution in [0.15, 0.2) is 24.5 Å². The summed E-state index contributed by atoms with van der Waals surface area (Å²) in [6.07, 6.45) is 2.35. The normalized spacial score (nSPS) is 10.4. The van der Waals surface area contributed by atoms with Crippen LogP contribution >= 0.6 is 34.5 Å². The molecule has 0 bridgehead atoms. The second-order valence-corrected chi connectivity index (χ2v) is 5.30. The Morgan fingerprint density at radius 3 is 2.81 bits per heavy atom. The average molecular weight is 274 g/mol. The topological polar surface area (TPSA) is 37.8 Å². The lowest BCUT2D eigenvalue weighted by molar-refractivity contribution is 1.02. The average Bonchev–Trinajstić information content (AvgIpc) is 2.64. The molecule has 2 heterocycles. The summed E-state index contributed by atoms with van der Waals surface area (Å²) in [6, 6.07) is 5.63. The first-order valence-electron chi connectivity index (χ1n) is 4.69. The van der Waals surface area contributed by atoms with E-state index in [9.17, 15) is 0 Å². The summed E-state index contributed by atoms with van der Waals surface area (Å²) in [6.45, 7) is 0.796. The molecule has 16 heavy (non-hydrogen) atoms. The van der Waals surface area contributed by atoms with Gasteiger partial charge in [0.15, 0.2) is 0 Å². The van der Waals surface area contributed by atoms with Gasteiger partial charge in [-0.15, -0.1) is 11.3 Å². The summed E-state index contributed by atoms with van der Waals surface area (Å²) in [5.41, 5.74) is 0. The van der Waals surface area contributed by atoms with Crippen LogP contribution in [0.3, 0.4) is 0 Å². The van der Waals surface area contributed by atoms with E-state index in [2.05, 4.69) is 15.3 Å². The highest BCUT2D eigenvalue weighted by molar-refractivity contribution is 7.16. The molecule has 0 amide bonds. The van der Waals surface area contributed by atoms with Crippen molar-refractivity contribution in [2.24, 2.45) is 0 Å². The zero-order chi connectivity index (χ0) is 11.4. The summed E-state index contributed by atoms with van der Waals surface area (Å²) in [7, 11) is 0. The van der Waals surface area contributed by atoms with Gasteiger partial charge in [-0.05, 0) is 18.6 Å². The Balaban J connectivity index is 1.84. The molecule has 0 aromatic carbocycles. The fourth-order valence-corrected chi connectivity index (χ4v) is 2.46. The summed E-state index contributed by atoms with van der Waals surface area (Å²) < 4.78 is 0.820. The number of anilines is 1. The number of hydrogen-bond acceptors (Lipinski definition) is 4. The molecular weight excluding hydrogens is 265 g/mol. The van der Waals surface area contributed by atoms with Crippen LogP contribution in [0, 0.1) is 0 Å². The van der Waals surface area contributed by atoms with Crippen molar-refractivity contribution >= 4 is 40.4 Å². The molecule has 0 saturated carbocycles. The van der Waals surface area contributed by atoms with E-state index in [-0.39, 0.29) is 0 Å². The lowest BCUT2D eigenvalue weighted by atomic mass is 10.3. The van der Waals surface area contributed by atoms with Gasteiger partial charge < -0.3 is 5.32 Å². The van der Waals surface area contributed by atoms with Gasteiger partial charge in [-0.2, -0.15) is 0 Å². The van der Waals surface area contributed by atoms with Crippen LogP contribution in [0.25, 0.3) is 0 Å². The Bertz CT molecular complexity index is 473. The van der Waals surface area contributed by atoms with Gasteiger partial charge >= 0.3 is 0 Å². The molecule has 2 aromatic rings. The van der Waals surface area contributed by atoms with Crippen LogP contribution in [-0.2, 0) is 6.42 Å². The highest BCUT2D eigenvalue weighted by Crippen LogP contribution is 2.21. The molecule has 1 N–H and O–H groups in total. The van der Waals surface area contributed by atoms with Crippen molar-refractivity contribution in [3.63, 3.8) is 0 Å². The molecular formula is C10H9Cl2N3S. The third-order valence-corrected chi connectivity index (χ3v) is 3.44. The fourth-order valence-electron chi connectivity index (χ4n) is 1.23. The summed E-state index contributed by atoms with van der Waals surface area (Å²) in [5.74, 6) is 0.739. The van der Waals surface area contributed by atoms with Crippen molar-refractivity contribution in [1.29, 1.82) is 0 Å². The number of rotatable bonds is 4. The van der Waals surface area contributed by atoms with Crippen LogP contribution in [0.5, 0.6) is 0 Å². The summed E-state index contributed by atoms with van der Waals surface area (Å²) in [5, 5.41) is 3.61. The Kier molecular flexibility index (Phi) is 3.98. The Hall–Kier alpha value is -0.840. The first-order chi connectivity index (χ1) is 7.74. The largest absolute Gasteiger partial charge is 0.370 e. The SMILES string of the molecule is Clc1cc(NCCc2ccc(Cl)s2)ncn1. The number of aromatic nitrogens is 2. The molecule has 84 valence electrons. The van der Waals surface area contributed by atoms with Gasteiger partial charge in [0.1, 0.15) is 17.3 Å². The molecule has 0 saturated heterocycles. The Morgan fingerprint density at radius 1 is 1.25 bits per heavy atom. The van der Waals surface area contributed by atoms with Crippen molar-refractivity contribution in [3.05, 3.63) is 38.9 Å². The van der Waals surface area contributed by atoms with Crippen molar-refractivity contribution < 1.29 is 0 Å². The standard InChI is InChI=1S/C10H9Cl2N3S/c11-8-5-10(15-6-14-8)13-4-3-7-1-2-9(12)16-7/h1-2,5-6H,3-4H2,(H,13,14,15). The molecule has 2 rings (SSSR count). The van der Waals surface area contributed by atoms with E-state index in [1.165, 1.54) is 11.2 Å². The maximum atomic E-state index is 5.84. The van der Waals surface area contributed by atoms with Gasteiger partial charge in [-0.3, -0.25) is 0 Å². The van der Waals surface area contributed by atoms with Gasteiger partial charge in [-0.25, -0.2) is 9.97 Å². The molecule has 0 radical (unpaired) electrons. The van der Waals surface area contributed by atoms with Crippen LogP contribution in [0.2, 0.25) is 9.49 Å². The molecule has 0 aliphatic heterocycles. The summed E-state index contributed by atoms with van der Waals surface area (Å²) >= 11 is 13.2. The van der Waals surface area contributed by atoms with Gasteiger partial charge in [0.2, 0.25) is 0 Å². The zero-order valence-corrected chi connectivity index (χ0v) is 10.6. The molecule has 0 spiro atoms. The number of halogens is 2. The first kappa shape index (κ1) is 11.6. The van der Waals surface area contributed by atoms with Crippen molar-refractivity contribution in [2.45, 2.75) is 6.42 Å². The van der Waals surface area contributed by atoms with Gasteiger partial charge in [0.05, 0.1) is 4.34 Å². The van der Waals surface area contributed by atoms with E-state index in [0.29, 0.717) is 5.15 Å². The smallest absolute Gasteiger partial charge is 0.134 e. The zero-order valence-electron chi connectivity index (χ0n) is 8.28. The summed E-state index contributed by atoms with van der Waals surface area (Å²) in [4.78, 5) is 9.10. The number of nitrogens with zero attached hydrogens (tertiary/aromatic N) is 2. The lowest BCUT2D eigenvalue weighted by Gasteiger charge is -2.03. The van der Waals surface area contributed by atoms with Crippen molar-refractivity contribution in [2.75, 3.05) is 11.9 Å². The van der Waals surface area contributed by atoms with E-state index < -0.39 is 0 Å². The van der Waals surface area contributed by atoms with Gasteiger partial charge in [-0.1, -0.05) is 23.2 Å². The second-order valence-electron chi connectivity index (χ2n) is 3.11. The monoisotopic (exact) mass is 273 g/mol. The van der Waals surface area contributed by atoms with Crippen LogP contribution in [-0.4, -0.2) is 16.5 Å². The minimum atomic E-state index is 0.441. The Labute approximate surface area is 107 Å². The van der Waals surface area contributed by atoms with E-state index in [0.717, 1.165) is 23.1 Å². The molecule has 0 atom stereocenters. The first-order valence-corrected chi connectivity index (χ1v) is 6.27. The van der Waals surface area contributed by atoms with Crippen molar-refractivity contribution in [1.82, 2.24) is 9.97 Å². The van der Waals surface area contributed by atoms with Crippen LogP contribution < -0.4 is 5.32 Å². The highest BCUT2D eigenvalue weighted by Gasteiger charge is 1.99. The number of nitrogens with one attached hydrogen (secondary N) is 1. The maximum Gasteiger partial charge on any atom is 0.134 e. The number of hydrogen-bond donors (Lipinski definition) is 1. The molecule has 0 aliphatic rings. The van der Waals surface area contributed by atoms with Gasteiger partial charge in [0, 0.05) is 17.5 Å². The highest BCUT2D eigenvalue weighted by atomic mass is 35.5. The minimum absolute atomic E-state index is 0.441. The molecule has 3 nitrogen and oxygen atoms in total. The van der Waals surface area contributed by atoms with Crippen molar-refractivity contribution in [3.8, 4) is 0 Å². The quantitative estimate of drug-likeness (QED) is 0.867. The third-order valence-electron chi connectivity index (χ3n) is 1.94. The maximum absolute atomic E-state index is 5.84. The van der Waals surface area contributed by atoms with Gasteiger partial charge in [0.25, 0.3) is 0 Å². The lowest BCUT2D eigenvalue weighted by Crippen LogP contribution is -2.05. The molecule has 0 unspecified atom stereocenters. The molecule has 6 heteroatoms. The third kappa shape index (κ3) is 3.33. The minimum Gasteiger partial charge on any atom is -0.370 e. The molecule has 0 aliphatic carbocycles. The second kappa shape index (κ2) is 5.48. The van der Waals surface area contributed by atoms with Crippen LogP contribution in [0.1, 0.15) is 4.88 Å². The molecule has 2 aromatic heterocycles. The van der Waals surface area contributed by atoms with E-state index in [1.54, 1.807) is 17.4 Å². The molecule has 0 fully saturated rings. The fraction of sp³-hybridized carbons (Fsp3) is 0.200. The van der Waals surface area contributed by atoms with Crippen LogP contribution in [0.4, 0.5) is 5.82 Å². The predicted octanol–water partition coefficient (Wildman–Crippen LogP) is 3.50. The van der Waals surface area contributed by atoms with E-state index >= 15 is 0 Å². The number of thiophene rings is 1. The van der Waals surface area contributed by atoms with E-state index in [1.807, 2.05) is 12.1 Å².